The molecule has 1 fully saturated rings. The van der Waals surface area contributed by atoms with Crippen molar-refractivity contribution in [3.8, 4) is 0 Å². The molecule has 7 nitrogen and oxygen atoms in total. The van der Waals surface area contributed by atoms with Gasteiger partial charge in [-0.15, -0.1) is 0 Å². The summed E-state index contributed by atoms with van der Waals surface area (Å²) in [7, 11) is 2.03. The normalized spacial score (nSPS) is 16.2. The Balaban J connectivity index is 1.60. The predicted molar refractivity (Wildman–Crippen MR) is 90.0 cm³/mol. The van der Waals surface area contributed by atoms with E-state index < -0.39 is 0 Å². The van der Waals surface area contributed by atoms with Gasteiger partial charge in [0.05, 0.1) is 30.0 Å². The van der Waals surface area contributed by atoms with Crippen LogP contribution in [0.2, 0.25) is 0 Å². The molecule has 1 amide bonds. The lowest BCUT2D eigenvalue weighted by molar-refractivity contribution is -0.119. The van der Waals surface area contributed by atoms with Crippen molar-refractivity contribution in [3.63, 3.8) is 0 Å². The van der Waals surface area contributed by atoms with E-state index in [0.29, 0.717) is 12.5 Å². The Hall–Kier alpha value is -2.28. The number of hydrogen-bond donors (Lipinski definition) is 1. The lowest BCUT2D eigenvalue weighted by Gasteiger charge is -2.32. The lowest BCUT2D eigenvalue weighted by atomic mass is 9.91. The van der Waals surface area contributed by atoms with Crippen molar-refractivity contribution < 1.29 is 4.79 Å². The molecule has 1 aliphatic rings. The second-order valence-electron chi connectivity index (χ2n) is 6.34. The fraction of sp³-hybridized carbons (Fsp3) is 0.529. The number of nitrogens with one attached hydrogen (secondary N) is 1. The number of carbonyl (C=O) groups is 1. The third kappa shape index (κ3) is 3.97. The van der Waals surface area contributed by atoms with Crippen LogP contribution in [0, 0.1) is 0 Å². The number of hydrogen-bond acceptors (Lipinski definition) is 5. The number of carbonyl (C=O) groups excluding carboxylic acids is 1. The summed E-state index contributed by atoms with van der Waals surface area (Å²) in [4.78, 5) is 26.8. The van der Waals surface area contributed by atoms with Gasteiger partial charge in [0.2, 0.25) is 5.91 Å². The van der Waals surface area contributed by atoms with Crippen LogP contribution in [0.5, 0.6) is 0 Å². The van der Waals surface area contributed by atoms with Crippen molar-refractivity contribution in [2.75, 3.05) is 13.1 Å². The number of piperidine rings is 1. The number of aryl methyl sites for hydroxylation is 1. The van der Waals surface area contributed by atoms with Gasteiger partial charge >= 0.3 is 0 Å². The van der Waals surface area contributed by atoms with Crippen LogP contribution >= 0.6 is 0 Å². The minimum Gasteiger partial charge on any atom is -0.351 e. The summed E-state index contributed by atoms with van der Waals surface area (Å²) < 4.78 is 2.07. The molecular weight excluding hydrogens is 304 g/mol. The molecule has 7 heteroatoms. The van der Waals surface area contributed by atoms with E-state index in [1.807, 2.05) is 19.6 Å². The summed E-state index contributed by atoms with van der Waals surface area (Å²) in [5.74, 6) is 0.364. The molecule has 0 radical (unpaired) electrons. The highest BCUT2D eigenvalue weighted by Crippen LogP contribution is 2.28. The largest absolute Gasteiger partial charge is 0.351 e. The average molecular weight is 328 g/mol. The van der Waals surface area contributed by atoms with Crippen LogP contribution in [0.25, 0.3) is 0 Å². The summed E-state index contributed by atoms with van der Waals surface area (Å²) in [5, 5.41) is 2.82. The first-order chi connectivity index (χ1) is 11.6. The van der Waals surface area contributed by atoms with E-state index in [1.165, 1.54) is 12.6 Å². The summed E-state index contributed by atoms with van der Waals surface area (Å²) >= 11 is 0. The van der Waals surface area contributed by atoms with Crippen molar-refractivity contribution in [2.24, 2.45) is 7.05 Å². The summed E-state index contributed by atoms with van der Waals surface area (Å²) in [6, 6.07) is 0. The third-order valence-corrected chi connectivity index (χ3v) is 4.59. The highest BCUT2D eigenvalue weighted by atomic mass is 16.1. The quantitative estimate of drug-likeness (QED) is 0.893. The zero-order chi connectivity index (χ0) is 16.9. The fourth-order valence-electron chi connectivity index (χ4n) is 3.19. The molecule has 0 unspecified atom stereocenters. The van der Waals surface area contributed by atoms with Crippen LogP contribution in [0.15, 0.2) is 24.9 Å². The molecule has 1 saturated heterocycles. The van der Waals surface area contributed by atoms with Crippen molar-refractivity contribution >= 4 is 5.91 Å². The molecule has 0 bridgehead atoms. The Morgan fingerprint density at radius 3 is 2.71 bits per heavy atom. The molecule has 1 N–H and O–H groups in total. The van der Waals surface area contributed by atoms with E-state index in [2.05, 4.69) is 29.7 Å². The summed E-state index contributed by atoms with van der Waals surface area (Å²) in [6.07, 6.45) is 9.33. The third-order valence-electron chi connectivity index (χ3n) is 4.59. The Kier molecular flexibility index (Phi) is 5.20. The molecule has 3 heterocycles. The van der Waals surface area contributed by atoms with E-state index >= 15 is 0 Å². The molecule has 3 rings (SSSR count). The van der Waals surface area contributed by atoms with E-state index in [1.54, 1.807) is 12.4 Å². The van der Waals surface area contributed by atoms with Gasteiger partial charge < -0.3 is 9.88 Å². The Labute approximate surface area is 142 Å². The van der Waals surface area contributed by atoms with Crippen molar-refractivity contribution in [1.29, 1.82) is 0 Å². The molecule has 0 atom stereocenters. The first-order valence-electron chi connectivity index (χ1n) is 8.35. The summed E-state index contributed by atoms with van der Waals surface area (Å²) in [6.45, 7) is 4.97. The molecule has 1 aliphatic heterocycles. The second kappa shape index (κ2) is 7.53. The van der Waals surface area contributed by atoms with Crippen LogP contribution in [0.3, 0.4) is 0 Å². The van der Waals surface area contributed by atoms with Crippen LogP contribution in [-0.4, -0.2) is 43.4 Å². The fourth-order valence-corrected chi connectivity index (χ4v) is 3.19. The Morgan fingerprint density at radius 1 is 1.29 bits per heavy atom. The highest BCUT2D eigenvalue weighted by molar-refractivity contribution is 5.72. The number of aromatic nitrogens is 4. The van der Waals surface area contributed by atoms with Gasteiger partial charge in [0.25, 0.3) is 0 Å². The van der Waals surface area contributed by atoms with Crippen molar-refractivity contribution in [3.05, 3.63) is 42.0 Å². The van der Waals surface area contributed by atoms with Gasteiger partial charge in [-0.3, -0.25) is 19.7 Å². The first kappa shape index (κ1) is 16.6. The average Bonchev–Trinajstić information content (AvgIpc) is 2.99. The minimum atomic E-state index is -0.0439. The van der Waals surface area contributed by atoms with Gasteiger partial charge in [0.1, 0.15) is 0 Å². The van der Waals surface area contributed by atoms with Gasteiger partial charge in [-0.1, -0.05) is 0 Å². The number of nitrogens with zero attached hydrogens (tertiary/aromatic N) is 5. The molecule has 0 saturated carbocycles. The molecular formula is C17H24N6O. The number of rotatable bonds is 5. The van der Waals surface area contributed by atoms with E-state index in [-0.39, 0.29) is 5.91 Å². The first-order valence-corrected chi connectivity index (χ1v) is 8.35. The standard InChI is InChI=1S/C17H24N6O/c1-13(24)21-10-16-17(20-6-5-19-16)14-3-7-23(8-4-14)11-15-9-18-12-22(15)2/h5-6,9,12,14H,3-4,7-8,10-11H2,1-2H3,(H,21,24). The molecule has 2 aromatic heterocycles. The monoisotopic (exact) mass is 328 g/mol. The zero-order valence-electron chi connectivity index (χ0n) is 14.3. The molecule has 0 aliphatic carbocycles. The second-order valence-corrected chi connectivity index (χ2v) is 6.34. The number of likely N-dealkylation sites (tertiary alicyclic amines) is 1. The SMILES string of the molecule is CC(=O)NCc1nccnc1C1CCN(Cc2cncn2C)CC1. The maximum absolute atomic E-state index is 11.2. The van der Waals surface area contributed by atoms with Gasteiger partial charge in [-0.2, -0.15) is 0 Å². The van der Waals surface area contributed by atoms with E-state index in [9.17, 15) is 4.79 Å². The van der Waals surface area contributed by atoms with E-state index in [0.717, 1.165) is 43.9 Å². The Morgan fingerprint density at radius 2 is 2.04 bits per heavy atom. The lowest BCUT2D eigenvalue weighted by Crippen LogP contribution is -2.34. The molecule has 2 aromatic rings. The van der Waals surface area contributed by atoms with Crippen LogP contribution in [0.4, 0.5) is 0 Å². The maximum atomic E-state index is 11.2. The predicted octanol–water partition coefficient (Wildman–Crippen LogP) is 1.23. The van der Waals surface area contributed by atoms with Crippen molar-refractivity contribution in [1.82, 2.24) is 29.7 Å². The van der Waals surface area contributed by atoms with Crippen LogP contribution < -0.4 is 5.32 Å². The van der Waals surface area contributed by atoms with Gasteiger partial charge in [-0.05, 0) is 25.9 Å². The molecule has 0 spiro atoms. The van der Waals surface area contributed by atoms with Gasteiger partial charge in [-0.25, -0.2) is 4.98 Å². The minimum absolute atomic E-state index is 0.0439. The number of imidazole rings is 1. The molecule has 0 aromatic carbocycles. The Bertz CT molecular complexity index is 690. The summed E-state index contributed by atoms with van der Waals surface area (Å²) in [5.41, 5.74) is 3.16. The smallest absolute Gasteiger partial charge is 0.217 e. The highest BCUT2D eigenvalue weighted by Gasteiger charge is 2.24. The van der Waals surface area contributed by atoms with E-state index in [4.69, 9.17) is 0 Å². The van der Waals surface area contributed by atoms with Crippen LogP contribution in [-0.2, 0) is 24.9 Å². The molecule has 128 valence electrons. The topological polar surface area (TPSA) is 75.9 Å². The molecule has 24 heavy (non-hydrogen) atoms. The van der Waals surface area contributed by atoms with Gasteiger partial charge in [0, 0.05) is 45.0 Å². The zero-order valence-corrected chi connectivity index (χ0v) is 14.3. The maximum Gasteiger partial charge on any atom is 0.217 e. The van der Waals surface area contributed by atoms with Gasteiger partial charge in [0.15, 0.2) is 0 Å². The number of amides is 1. The van der Waals surface area contributed by atoms with Crippen LogP contribution in [0.1, 0.15) is 42.8 Å². The van der Waals surface area contributed by atoms with Crippen molar-refractivity contribution in [2.45, 2.75) is 38.8 Å².